The average Bonchev–Trinajstić information content (AvgIpc) is 2.34. The number of rotatable bonds is 13. The van der Waals surface area contributed by atoms with Crippen LogP contribution >= 0.6 is 0 Å². The van der Waals surface area contributed by atoms with Gasteiger partial charge in [0, 0.05) is 6.42 Å². The molecule has 0 aliphatic carbocycles. The van der Waals surface area contributed by atoms with Crippen LogP contribution in [-0.2, 0) is 4.79 Å². The van der Waals surface area contributed by atoms with E-state index in [9.17, 15) is 4.79 Å². The van der Waals surface area contributed by atoms with Crippen LogP contribution in [0, 0.1) is 0 Å². The van der Waals surface area contributed by atoms with E-state index in [1.165, 1.54) is 57.8 Å². The van der Waals surface area contributed by atoms with Gasteiger partial charge in [-0.3, -0.25) is 4.79 Å². The normalized spacial score (nSPS) is 11.2. The standard InChI is InChI=1S/C16H30O2/c1-2-3-4-5-6-7-8-9-10-11-12-13-14-15-16(17)18/h6-7H,2-5,8-15H2,1H3,(H,17,18)/b7-6+. The summed E-state index contributed by atoms with van der Waals surface area (Å²) in [5, 5.41) is 8.48. The molecule has 0 rings (SSSR count). The summed E-state index contributed by atoms with van der Waals surface area (Å²) in [4.78, 5) is 10.3. The van der Waals surface area contributed by atoms with Crippen LogP contribution in [0.3, 0.4) is 0 Å². The van der Waals surface area contributed by atoms with Gasteiger partial charge in [-0.1, -0.05) is 57.6 Å². The summed E-state index contributed by atoms with van der Waals surface area (Å²) in [5.74, 6) is -0.664. The van der Waals surface area contributed by atoms with Crippen LogP contribution in [-0.4, -0.2) is 11.1 Å². The quantitative estimate of drug-likeness (QED) is 0.356. The fourth-order valence-electron chi connectivity index (χ4n) is 1.99. The van der Waals surface area contributed by atoms with Crippen molar-refractivity contribution in [2.24, 2.45) is 0 Å². The van der Waals surface area contributed by atoms with Gasteiger partial charge >= 0.3 is 5.97 Å². The van der Waals surface area contributed by atoms with Gasteiger partial charge in [0.2, 0.25) is 0 Å². The minimum absolute atomic E-state index is 0.334. The molecule has 0 spiro atoms. The summed E-state index contributed by atoms with van der Waals surface area (Å²) in [7, 11) is 0. The van der Waals surface area contributed by atoms with Gasteiger partial charge in [-0.25, -0.2) is 0 Å². The third kappa shape index (κ3) is 15.2. The van der Waals surface area contributed by atoms with E-state index in [4.69, 9.17) is 5.11 Å². The molecule has 0 amide bonds. The first-order valence-corrected chi connectivity index (χ1v) is 7.64. The van der Waals surface area contributed by atoms with Gasteiger partial charge in [0.25, 0.3) is 0 Å². The van der Waals surface area contributed by atoms with Crippen molar-refractivity contribution in [1.29, 1.82) is 0 Å². The second kappa shape index (κ2) is 14.3. The number of unbranched alkanes of at least 4 members (excludes halogenated alkanes) is 9. The molecule has 0 fully saturated rings. The molecular formula is C16H30O2. The highest BCUT2D eigenvalue weighted by Gasteiger charge is 1.96. The predicted molar refractivity (Wildman–Crippen MR) is 77.9 cm³/mol. The molecule has 0 aromatic heterocycles. The fraction of sp³-hybridized carbons (Fsp3) is 0.812. The zero-order valence-corrected chi connectivity index (χ0v) is 12.0. The molecule has 106 valence electrons. The summed E-state index contributed by atoms with van der Waals surface area (Å²) in [6, 6.07) is 0. The summed E-state index contributed by atoms with van der Waals surface area (Å²) >= 11 is 0. The Morgan fingerprint density at radius 3 is 1.89 bits per heavy atom. The Labute approximate surface area is 112 Å². The van der Waals surface area contributed by atoms with Crippen LogP contribution in [0.4, 0.5) is 0 Å². The topological polar surface area (TPSA) is 37.3 Å². The smallest absolute Gasteiger partial charge is 0.303 e. The molecule has 18 heavy (non-hydrogen) atoms. The first-order chi connectivity index (χ1) is 8.77. The lowest BCUT2D eigenvalue weighted by Gasteiger charge is -1.99. The molecule has 0 bridgehead atoms. The molecule has 0 unspecified atom stereocenters. The van der Waals surface area contributed by atoms with Crippen LogP contribution in [0.5, 0.6) is 0 Å². The number of allylic oxidation sites excluding steroid dienone is 2. The maximum Gasteiger partial charge on any atom is 0.303 e. The third-order valence-corrected chi connectivity index (χ3v) is 3.15. The minimum atomic E-state index is -0.664. The van der Waals surface area contributed by atoms with Crippen molar-refractivity contribution in [2.45, 2.75) is 84.0 Å². The van der Waals surface area contributed by atoms with E-state index in [1.54, 1.807) is 0 Å². The molecule has 0 aromatic carbocycles. The van der Waals surface area contributed by atoms with Gasteiger partial charge in [-0.2, -0.15) is 0 Å². The maximum atomic E-state index is 10.3. The number of hydrogen-bond donors (Lipinski definition) is 1. The first kappa shape index (κ1) is 17.2. The van der Waals surface area contributed by atoms with Crippen molar-refractivity contribution in [2.75, 3.05) is 0 Å². The van der Waals surface area contributed by atoms with Crippen LogP contribution in [0.1, 0.15) is 84.0 Å². The molecule has 0 atom stereocenters. The largest absolute Gasteiger partial charge is 0.481 e. The number of carbonyl (C=O) groups is 1. The molecule has 0 aromatic rings. The highest BCUT2D eigenvalue weighted by molar-refractivity contribution is 5.66. The first-order valence-electron chi connectivity index (χ1n) is 7.64. The van der Waals surface area contributed by atoms with Crippen LogP contribution in [0.2, 0.25) is 0 Å². The zero-order chi connectivity index (χ0) is 13.5. The summed E-state index contributed by atoms with van der Waals surface area (Å²) in [6.07, 6.45) is 18.3. The van der Waals surface area contributed by atoms with E-state index in [0.29, 0.717) is 6.42 Å². The lowest BCUT2D eigenvalue weighted by Crippen LogP contribution is -1.93. The van der Waals surface area contributed by atoms with Gasteiger partial charge in [-0.15, -0.1) is 0 Å². The highest BCUT2D eigenvalue weighted by atomic mass is 16.4. The average molecular weight is 254 g/mol. The summed E-state index contributed by atoms with van der Waals surface area (Å²) < 4.78 is 0. The van der Waals surface area contributed by atoms with E-state index in [1.807, 2.05) is 0 Å². The van der Waals surface area contributed by atoms with E-state index in [-0.39, 0.29) is 0 Å². The molecule has 0 saturated heterocycles. The number of carboxylic acid groups (broad SMARTS) is 1. The van der Waals surface area contributed by atoms with Crippen molar-refractivity contribution in [3.8, 4) is 0 Å². The minimum Gasteiger partial charge on any atom is -0.481 e. The number of hydrogen-bond acceptors (Lipinski definition) is 1. The van der Waals surface area contributed by atoms with Crippen LogP contribution in [0.15, 0.2) is 12.2 Å². The van der Waals surface area contributed by atoms with Crippen LogP contribution in [0.25, 0.3) is 0 Å². The van der Waals surface area contributed by atoms with Gasteiger partial charge in [0.05, 0.1) is 0 Å². The summed E-state index contributed by atoms with van der Waals surface area (Å²) in [5.41, 5.74) is 0. The molecule has 2 heteroatoms. The molecule has 0 aliphatic heterocycles. The van der Waals surface area contributed by atoms with Crippen LogP contribution < -0.4 is 0 Å². The van der Waals surface area contributed by atoms with E-state index in [2.05, 4.69) is 19.1 Å². The van der Waals surface area contributed by atoms with Crippen molar-refractivity contribution < 1.29 is 9.90 Å². The predicted octanol–water partition coefficient (Wildman–Crippen LogP) is 5.33. The SMILES string of the molecule is CCCCC/C=C/CCCCCCCCC(=O)O. The summed E-state index contributed by atoms with van der Waals surface area (Å²) in [6.45, 7) is 2.24. The van der Waals surface area contributed by atoms with Gasteiger partial charge in [0.15, 0.2) is 0 Å². The lowest BCUT2D eigenvalue weighted by atomic mass is 10.1. The second-order valence-corrected chi connectivity index (χ2v) is 5.02. The van der Waals surface area contributed by atoms with Gasteiger partial charge in [0.1, 0.15) is 0 Å². The van der Waals surface area contributed by atoms with E-state index >= 15 is 0 Å². The zero-order valence-electron chi connectivity index (χ0n) is 12.0. The highest BCUT2D eigenvalue weighted by Crippen LogP contribution is 2.09. The molecule has 0 aliphatic rings. The molecule has 0 heterocycles. The van der Waals surface area contributed by atoms with Gasteiger partial charge in [-0.05, 0) is 32.1 Å². The Kier molecular flexibility index (Phi) is 13.6. The monoisotopic (exact) mass is 254 g/mol. The Balaban J connectivity index is 3.04. The molecule has 0 saturated carbocycles. The lowest BCUT2D eigenvalue weighted by molar-refractivity contribution is -0.137. The molecule has 2 nitrogen and oxygen atoms in total. The Bertz CT molecular complexity index is 209. The Hall–Kier alpha value is -0.790. The Morgan fingerprint density at radius 1 is 0.833 bits per heavy atom. The van der Waals surface area contributed by atoms with Crippen molar-refractivity contribution in [3.63, 3.8) is 0 Å². The van der Waals surface area contributed by atoms with Crippen molar-refractivity contribution >= 4 is 5.97 Å². The maximum absolute atomic E-state index is 10.3. The van der Waals surface area contributed by atoms with Crippen molar-refractivity contribution in [3.05, 3.63) is 12.2 Å². The molecule has 0 radical (unpaired) electrons. The number of aliphatic carboxylic acids is 1. The van der Waals surface area contributed by atoms with E-state index in [0.717, 1.165) is 12.8 Å². The van der Waals surface area contributed by atoms with E-state index < -0.39 is 5.97 Å². The number of carboxylic acids is 1. The molecular weight excluding hydrogens is 224 g/mol. The second-order valence-electron chi connectivity index (χ2n) is 5.02. The van der Waals surface area contributed by atoms with Gasteiger partial charge < -0.3 is 5.11 Å². The Morgan fingerprint density at radius 2 is 1.33 bits per heavy atom. The third-order valence-electron chi connectivity index (χ3n) is 3.15. The molecule has 1 N–H and O–H groups in total. The van der Waals surface area contributed by atoms with Crippen molar-refractivity contribution in [1.82, 2.24) is 0 Å². The fourth-order valence-corrected chi connectivity index (χ4v) is 1.99.